The summed E-state index contributed by atoms with van der Waals surface area (Å²) in [6, 6.07) is 0. The molecule has 4 atom stereocenters. The molecule has 0 spiro atoms. The third-order valence-electron chi connectivity index (χ3n) is 3.31. The van der Waals surface area contributed by atoms with E-state index in [4.69, 9.17) is 9.47 Å². The van der Waals surface area contributed by atoms with E-state index in [0.717, 1.165) is 13.2 Å². The highest BCUT2D eigenvalue weighted by atomic mass is 16.6. The van der Waals surface area contributed by atoms with Crippen molar-refractivity contribution in [1.29, 1.82) is 0 Å². The summed E-state index contributed by atoms with van der Waals surface area (Å²) < 4.78 is 11.5. The number of hydrogen-bond acceptors (Lipinski definition) is 2. The fraction of sp³-hybridized carbons (Fsp3) is 0.800. The van der Waals surface area contributed by atoms with Crippen molar-refractivity contribution in [2.45, 2.75) is 25.0 Å². The van der Waals surface area contributed by atoms with Crippen molar-refractivity contribution >= 4 is 0 Å². The van der Waals surface area contributed by atoms with Crippen LogP contribution in [-0.2, 0) is 9.47 Å². The second kappa shape index (κ2) is 2.57. The van der Waals surface area contributed by atoms with Crippen molar-refractivity contribution in [1.82, 2.24) is 0 Å². The van der Waals surface area contributed by atoms with Gasteiger partial charge < -0.3 is 9.47 Å². The van der Waals surface area contributed by atoms with Gasteiger partial charge in [0, 0.05) is 11.8 Å². The van der Waals surface area contributed by atoms with Gasteiger partial charge in [-0.1, -0.05) is 12.2 Å². The van der Waals surface area contributed by atoms with Crippen LogP contribution in [0.3, 0.4) is 0 Å². The van der Waals surface area contributed by atoms with Crippen LogP contribution in [0.2, 0.25) is 0 Å². The quantitative estimate of drug-likeness (QED) is 0.506. The zero-order chi connectivity index (χ0) is 7.97. The minimum absolute atomic E-state index is 0.377. The van der Waals surface area contributed by atoms with E-state index in [1.54, 1.807) is 0 Å². The number of fused-ring (bicyclic) bond motifs is 1. The van der Waals surface area contributed by atoms with Gasteiger partial charge in [-0.05, 0) is 12.8 Å². The zero-order valence-corrected chi connectivity index (χ0v) is 7.11. The number of rotatable bonds is 0. The fourth-order valence-corrected chi connectivity index (χ4v) is 2.70. The van der Waals surface area contributed by atoms with Gasteiger partial charge in [-0.25, -0.2) is 0 Å². The summed E-state index contributed by atoms with van der Waals surface area (Å²) in [6.45, 7) is 1.58. The van der Waals surface area contributed by atoms with Gasteiger partial charge in [0.15, 0.2) is 0 Å². The van der Waals surface area contributed by atoms with Crippen LogP contribution < -0.4 is 0 Å². The lowest BCUT2D eigenvalue weighted by Gasteiger charge is -2.46. The Morgan fingerprint density at radius 1 is 0.833 bits per heavy atom. The molecule has 1 saturated heterocycles. The standard InChI is InChI=1S/C10H14O2/c1-2-8-4-3-7(1)9-10(8)12-6-5-11-9/h1-2,7-10H,3-6H2/t7-,8+,9-,10+. The molecule has 4 rings (SSSR count). The van der Waals surface area contributed by atoms with Crippen LogP contribution in [0.4, 0.5) is 0 Å². The lowest BCUT2D eigenvalue weighted by Crippen LogP contribution is -2.51. The lowest BCUT2D eigenvalue weighted by molar-refractivity contribution is -0.184. The van der Waals surface area contributed by atoms with Gasteiger partial charge in [-0.3, -0.25) is 0 Å². The van der Waals surface area contributed by atoms with Crippen LogP contribution in [0, 0.1) is 11.8 Å². The molecule has 1 aliphatic heterocycles. The molecule has 0 unspecified atom stereocenters. The lowest BCUT2D eigenvalue weighted by atomic mass is 9.72. The fourth-order valence-electron chi connectivity index (χ4n) is 2.70. The van der Waals surface area contributed by atoms with Gasteiger partial charge >= 0.3 is 0 Å². The molecule has 4 aliphatic rings. The molecule has 0 N–H and O–H groups in total. The summed E-state index contributed by atoms with van der Waals surface area (Å²) in [5, 5.41) is 0. The Kier molecular flexibility index (Phi) is 1.52. The summed E-state index contributed by atoms with van der Waals surface area (Å²) >= 11 is 0. The topological polar surface area (TPSA) is 18.5 Å². The normalized spacial score (nSPS) is 50.7. The summed E-state index contributed by atoms with van der Waals surface area (Å²) in [4.78, 5) is 0. The highest BCUT2D eigenvalue weighted by molar-refractivity contribution is 5.12. The number of ether oxygens (including phenoxy) is 2. The third kappa shape index (κ3) is 0.882. The van der Waals surface area contributed by atoms with E-state index in [0.29, 0.717) is 24.0 Å². The first-order chi connectivity index (χ1) is 5.95. The molecule has 2 nitrogen and oxygen atoms in total. The van der Waals surface area contributed by atoms with E-state index in [1.807, 2.05) is 0 Å². The average Bonchev–Trinajstić information content (AvgIpc) is 2.20. The summed E-state index contributed by atoms with van der Waals surface area (Å²) in [7, 11) is 0. The molecule has 3 aliphatic carbocycles. The van der Waals surface area contributed by atoms with Crippen LogP contribution in [0.1, 0.15) is 12.8 Å². The molecule has 2 fully saturated rings. The van der Waals surface area contributed by atoms with Crippen molar-refractivity contribution in [3.63, 3.8) is 0 Å². The molecule has 0 aromatic heterocycles. The Morgan fingerprint density at radius 3 is 1.75 bits per heavy atom. The first kappa shape index (κ1) is 7.10. The maximum absolute atomic E-state index is 5.74. The molecule has 0 radical (unpaired) electrons. The van der Waals surface area contributed by atoms with Crippen molar-refractivity contribution < 1.29 is 9.47 Å². The third-order valence-corrected chi connectivity index (χ3v) is 3.31. The monoisotopic (exact) mass is 166 g/mol. The van der Waals surface area contributed by atoms with Gasteiger partial charge in [-0.15, -0.1) is 0 Å². The largest absolute Gasteiger partial charge is 0.372 e. The van der Waals surface area contributed by atoms with Gasteiger partial charge in [0.2, 0.25) is 0 Å². The molecular formula is C10H14O2. The molecule has 0 aromatic carbocycles. The zero-order valence-electron chi connectivity index (χ0n) is 7.11. The highest BCUT2D eigenvalue weighted by Crippen LogP contribution is 2.40. The molecule has 2 heteroatoms. The van der Waals surface area contributed by atoms with E-state index >= 15 is 0 Å². The number of hydrogen-bond donors (Lipinski definition) is 0. The van der Waals surface area contributed by atoms with E-state index in [9.17, 15) is 0 Å². The maximum atomic E-state index is 5.74. The summed E-state index contributed by atoms with van der Waals surface area (Å²) in [6.07, 6.45) is 8.00. The maximum Gasteiger partial charge on any atom is 0.0905 e. The van der Waals surface area contributed by atoms with Crippen LogP contribution in [0.15, 0.2) is 12.2 Å². The van der Waals surface area contributed by atoms with Crippen molar-refractivity contribution in [2.24, 2.45) is 11.8 Å². The van der Waals surface area contributed by atoms with Crippen molar-refractivity contribution in [3.05, 3.63) is 12.2 Å². The Bertz CT molecular complexity index is 190. The van der Waals surface area contributed by atoms with Gasteiger partial charge in [0.1, 0.15) is 0 Å². The smallest absolute Gasteiger partial charge is 0.0905 e. The second-order valence-corrected chi connectivity index (χ2v) is 3.96. The van der Waals surface area contributed by atoms with Crippen LogP contribution in [0.25, 0.3) is 0 Å². The van der Waals surface area contributed by atoms with Crippen molar-refractivity contribution in [2.75, 3.05) is 13.2 Å². The highest BCUT2D eigenvalue weighted by Gasteiger charge is 2.43. The van der Waals surface area contributed by atoms with Crippen LogP contribution >= 0.6 is 0 Å². The molecule has 66 valence electrons. The Hall–Kier alpha value is -0.340. The van der Waals surface area contributed by atoms with E-state index in [1.165, 1.54) is 12.8 Å². The minimum Gasteiger partial charge on any atom is -0.372 e. The SMILES string of the molecule is C1=C[C@H]2CC[C@@H]1[C@H]1OCCO[C@H]12. The molecule has 12 heavy (non-hydrogen) atoms. The summed E-state index contributed by atoms with van der Waals surface area (Å²) in [5.74, 6) is 1.28. The molecule has 0 aromatic rings. The summed E-state index contributed by atoms with van der Waals surface area (Å²) in [5.41, 5.74) is 0. The Balaban J connectivity index is 1.90. The predicted octanol–water partition coefficient (Wildman–Crippen LogP) is 1.37. The molecule has 1 saturated carbocycles. The van der Waals surface area contributed by atoms with Gasteiger partial charge in [0.25, 0.3) is 0 Å². The molecular weight excluding hydrogens is 152 g/mol. The van der Waals surface area contributed by atoms with Gasteiger partial charge in [-0.2, -0.15) is 0 Å². The minimum atomic E-state index is 0.377. The van der Waals surface area contributed by atoms with E-state index < -0.39 is 0 Å². The Labute approximate surface area is 72.5 Å². The molecule has 2 bridgehead atoms. The first-order valence-corrected chi connectivity index (χ1v) is 4.87. The van der Waals surface area contributed by atoms with Crippen molar-refractivity contribution in [3.8, 4) is 0 Å². The van der Waals surface area contributed by atoms with E-state index in [2.05, 4.69) is 12.2 Å². The van der Waals surface area contributed by atoms with Crippen LogP contribution in [0.5, 0.6) is 0 Å². The Morgan fingerprint density at radius 2 is 1.33 bits per heavy atom. The predicted molar refractivity (Wildman–Crippen MR) is 44.8 cm³/mol. The second-order valence-electron chi connectivity index (χ2n) is 3.96. The van der Waals surface area contributed by atoms with Gasteiger partial charge in [0.05, 0.1) is 25.4 Å². The van der Waals surface area contributed by atoms with Crippen LogP contribution in [-0.4, -0.2) is 25.4 Å². The molecule has 1 heterocycles. The molecule has 0 amide bonds. The van der Waals surface area contributed by atoms with E-state index in [-0.39, 0.29) is 0 Å². The first-order valence-electron chi connectivity index (χ1n) is 4.87. The average molecular weight is 166 g/mol.